The first-order valence-electron chi connectivity index (χ1n) is 7.66. The van der Waals surface area contributed by atoms with E-state index in [1.54, 1.807) is 0 Å². The fourth-order valence-electron chi connectivity index (χ4n) is 2.41. The van der Waals surface area contributed by atoms with E-state index in [-0.39, 0.29) is 12.5 Å². The Morgan fingerprint density at radius 2 is 1.70 bits per heavy atom. The minimum atomic E-state index is -0.163. The van der Waals surface area contributed by atoms with E-state index in [4.69, 9.17) is 4.74 Å². The minimum absolute atomic E-state index is 0.00472. The van der Waals surface area contributed by atoms with Crippen molar-refractivity contribution in [3.8, 4) is 5.75 Å². The van der Waals surface area contributed by atoms with Gasteiger partial charge in [-0.15, -0.1) is 0 Å². The molecular weight excluding hydrogens is 354 g/mol. The van der Waals surface area contributed by atoms with Crippen molar-refractivity contribution in [2.75, 3.05) is 11.9 Å². The Balaban J connectivity index is 1.95. The van der Waals surface area contributed by atoms with Crippen LogP contribution >= 0.6 is 15.9 Å². The second kappa shape index (κ2) is 7.64. The van der Waals surface area contributed by atoms with Crippen LogP contribution in [0.15, 0.2) is 40.9 Å². The van der Waals surface area contributed by atoms with Crippen molar-refractivity contribution < 1.29 is 9.53 Å². The van der Waals surface area contributed by atoms with Crippen LogP contribution in [-0.2, 0) is 4.79 Å². The molecule has 0 aliphatic rings. The summed E-state index contributed by atoms with van der Waals surface area (Å²) in [5.41, 5.74) is 4.05. The van der Waals surface area contributed by atoms with E-state index in [0.717, 1.165) is 27.0 Å². The van der Waals surface area contributed by atoms with E-state index in [1.807, 2.05) is 50.2 Å². The van der Waals surface area contributed by atoms with Gasteiger partial charge < -0.3 is 10.1 Å². The average Bonchev–Trinajstić information content (AvgIpc) is 2.46. The van der Waals surface area contributed by atoms with Crippen molar-refractivity contribution in [1.82, 2.24) is 0 Å². The summed E-state index contributed by atoms with van der Waals surface area (Å²) >= 11 is 3.45. The third-order valence-electron chi connectivity index (χ3n) is 3.63. The molecule has 0 radical (unpaired) electrons. The molecule has 2 aromatic rings. The SMILES string of the molecule is Cc1cc(Br)cc(C)c1OCC(=O)Nc1ccc(C(C)C)cc1. The molecule has 0 heterocycles. The number of rotatable bonds is 5. The Kier molecular flexibility index (Phi) is 5.83. The van der Waals surface area contributed by atoms with Gasteiger partial charge in [-0.2, -0.15) is 0 Å². The summed E-state index contributed by atoms with van der Waals surface area (Å²) < 4.78 is 6.69. The third kappa shape index (κ3) is 4.83. The molecule has 0 atom stereocenters. The van der Waals surface area contributed by atoms with Crippen molar-refractivity contribution in [2.24, 2.45) is 0 Å². The monoisotopic (exact) mass is 375 g/mol. The average molecular weight is 376 g/mol. The number of halogens is 1. The van der Waals surface area contributed by atoms with Gasteiger partial charge in [-0.25, -0.2) is 0 Å². The van der Waals surface area contributed by atoms with Crippen LogP contribution in [0.1, 0.15) is 36.5 Å². The quantitative estimate of drug-likeness (QED) is 0.778. The first kappa shape index (κ1) is 17.5. The maximum atomic E-state index is 12.0. The normalized spacial score (nSPS) is 10.7. The van der Waals surface area contributed by atoms with Gasteiger partial charge in [-0.1, -0.05) is 41.9 Å². The van der Waals surface area contributed by atoms with Gasteiger partial charge >= 0.3 is 0 Å². The number of aryl methyl sites for hydroxylation is 2. The molecule has 0 spiro atoms. The highest BCUT2D eigenvalue weighted by Gasteiger charge is 2.09. The first-order chi connectivity index (χ1) is 10.9. The second-order valence-corrected chi connectivity index (χ2v) is 6.90. The van der Waals surface area contributed by atoms with Gasteiger partial charge in [-0.3, -0.25) is 4.79 Å². The summed E-state index contributed by atoms with van der Waals surface area (Å²) in [6.07, 6.45) is 0. The van der Waals surface area contributed by atoms with Crippen LogP contribution in [0.25, 0.3) is 0 Å². The molecular formula is C19H22BrNO2. The summed E-state index contributed by atoms with van der Waals surface area (Å²) in [6.45, 7) is 8.22. The fraction of sp³-hybridized carbons (Fsp3) is 0.316. The lowest BCUT2D eigenvalue weighted by atomic mass is 10.0. The molecule has 122 valence electrons. The number of hydrogen-bond acceptors (Lipinski definition) is 2. The predicted octanol–water partition coefficient (Wildman–Crippen LogP) is 5.21. The summed E-state index contributed by atoms with van der Waals surface area (Å²) in [6, 6.07) is 11.9. The number of carbonyl (C=O) groups is 1. The molecule has 0 unspecified atom stereocenters. The highest BCUT2D eigenvalue weighted by molar-refractivity contribution is 9.10. The number of benzene rings is 2. The zero-order valence-electron chi connectivity index (χ0n) is 13.9. The highest BCUT2D eigenvalue weighted by Crippen LogP contribution is 2.27. The lowest BCUT2D eigenvalue weighted by Crippen LogP contribution is -2.20. The molecule has 0 aliphatic heterocycles. The third-order valence-corrected chi connectivity index (χ3v) is 4.09. The Bertz CT molecular complexity index is 670. The van der Waals surface area contributed by atoms with E-state index < -0.39 is 0 Å². The lowest BCUT2D eigenvalue weighted by Gasteiger charge is -2.13. The van der Waals surface area contributed by atoms with Crippen LogP contribution in [-0.4, -0.2) is 12.5 Å². The van der Waals surface area contributed by atoms with Gasteiger partial charge in [0.05, 0.1) is 0 Å². The van der Waals surface area contributed by atoms with Gasteiger partial charge in [-0.05, 0) is 60.7 Å². The molecule has 23 heavy (non-hydrogen) atoms. The topological polar surface area (TPSA) is 38.3 Å². The van der Waals surface area contributed by atoms with E-state index in [1.165, 1.54) is 5.56 Å². The molecule has 0 saturated carbocycles. The van der Waals surface area contributed by atoms with Crippen molar-refractivity contribution in [1.29, 1.82) is 0 Å². The van der Waals surface area contributed by atoms with Gasteiger partial charge in [0.1, 0.15) is 5.75 Å². The Morgan fingerprint density at radius 1 is 1.13 bits per heavy atom. The van der Waals surface area contributed by atoms with Crippen LogP contribution in [0.4, 0.5) is 5.69 Å². The van der Waals surface area contributed by atoms with Crippen molar-refractivity contribution >= 4 is 27.5 Å². The summed E-state index contributed by atoms with van der Waals surface area (Å²) in [5, 5.41) is 2.86. The van der Waals surface area contributed by atoms with E-state index in [2.05, 4.69) is 35.1 Å². The maximum Gasteiger partial charge on any atom is 0.262 e. The molecule has 2 aromatic carbocycles. The Morgan fingerprint density at radius 3 is 2.22 bits per heavy atom. The molecule has 0 aromatic heterocycles. The van der Waals surface area contributed by atoms with E-state index >= 15 is 0 Å². The molecule has 0 bridgehead atoms. The molecule has 1 amide bonds. The number of ether oxygens (including phenoxy) is 1. The van der Waals surface area contributed by atoms with E-state index in [0.29, 0.717) is 5.92 Å². The van der Waals surface area contributed by atoms with Gasteiger partial charge in [0.15, 0.2) is 6.61 Å². The number of nitrogens with one attached hydrogen (secondary N) is 1. The zero-order valence-corrected chi connectivity index (χ0v) is 15.5. The molecule has 1 N–H and O–H groups in total. The Hall–Kier alpha value is -1.81. The predicted molar refractivity (Wildman–Crippen MR) is 98.3 cm³/mol. The van der Waals surface area contributed by atoms with Gasteiger partial charge in [0.25, 0.3) is 5.91 Å². The smallest absolute Gasteiger partial charge is 0.262 e. The van der Waals surface area contributed by atoms with Crippen molar-refractivity contribution in [2.45, 2.75) is 33.6 Å². The molecule has 0 aliphatic carbocycles. The fourth-order valence-corrected chi connectivity index (χ4v) is 3.10. The van der Waals surface area contributed by atoms with Crippen molar-refractivity contribution in [3.05, 3.63) is 57.6 Å². The Labute approximate surface area is 146 Å². The number of carbonyl (C=O) groups excluding carboxylic acids is 1. The van der Waals surface area contributed by atoms with Crippen LogP contribution in [0.5, 0.6) is 5.75 Å². The van der Waals surface area contributed by atoms with Crippen LogP contribution in [0.2, 0.25) is 0 Å². The first-order valence-corrected chi connectivity index (χ1v) is 8.45. The van der Waals surface area contributed by atoms with E-state index in [9.17, 15) is 4.79 Å². The second-order valence-electron chi connectivity index (χ2n) is 5.98. The largest absolute Gasteiger partial charge is 0.483 e. The molecule has 3 nitrogen and oxygen atoms in total. The zero-order chi connectivity index (χ0) is 17.0. The van der Waals surface area contributed by atoms with Crippen molar-refractivity contribution in [3.63, 3.8) is 0 Å². The molecule has 2 rings (SSSR count). The van der Waals surface area contributed by atoms with Gasteiger partial charge in [0.2, 0.25) is 0 Å². The van der Waals surface area contributed by atoms with Crippen LogP contribution in [0, 0.1) is 13.8 Å². The summed E-state index contributed by atoms with van der Waals surface area (Å²) in [5.74, 6) is 1.08. The van der Waals surface area contributed by atoms with Gasteiger partial charge in [0, 0.05) is 10.2 Å². The molecule has 0 saturated heterocycles. The lowest BCUT2D eigenvalue weighted by molar-refractivity contribution is -0.118. The standard InChI is InChI=1S/C19H22BrNO2/c1-12(2)15-5-7-17(8-6-15)21-18(22)11-23-19-13(3)9-16(20)10-14(19)4/h5-10,12H,11H2,1-4H3,(H,21,22). The summed E-state index contributed by atoms with van der Waals surface area (Å²) in [4.78, 5) is 12.0. The highest BCUT2D eigenvalue weighted by atomic mass is 79.9. The number of hydrogen-bond donors (Lipinski definition) is 1. The maximum absolute atomic E-state index is 12.0. The van der Waals surface area contributed by atoms with Crippen LogP contribution < -0.4 is 10.1 Å². The van der Waals surface area contributed by atoms with Crippen LogP contribution in [0.3, 0.4) is 0 Å². The number of anilines is 1. The number of amides is 1. The summed E-state index contributed by atoms with van der Waals surface area (Å²) in [7, 11) is 0. The molecule has 0 fully saturated rings. The molecule has 4 heteroatoms. The minimum Gasteiger partial charge on any atom is -0.483 e.